The fourth-order valence-corrected chi connectivity index (χ4v) is 2.41. The molecule has 0 amide bonds. The SMILES string of the molecule is c1ccc2cc(Nc3cccc4ocnc34)ccc2c1. The van der Waals surface area contributed by atoms with Crippen LogP contribution in [-0.2, 0) is 0 Å². The lowest BCUT2D eigenvalue weighted by Gasteiger charge is -2.08. The third kappa shape index (κ3) is 1.80. The van der Waals surface area contributed by atoms with Crippen LogP contribution in [0.3, 0.4) is 0 Å². The lowest BCUT2D eigenvalue weighted by Crippen LogP contribution is -1.91. The highest BCUT2D eigenvalue weighted by Gasteiger charge is 2.05. The largest absolute Gasteiger partial charge is 0.443 e. The first-order chi connectivity index (χ1) is 9.90. The molecule has 96 valence electrons. The highest BCUT2D eigenvalue weighted by molar-refractivity contribution is 5.91. The van der Waals surface area contributed by atoms with Gasteiger partial charge in [-0.25, -0.2) is 4.98 Å². The summed E-state index contributed by atoms with van der Waals surface area (Å²) in [5.74, 6) is 0. The zero-order valence-electron chi connectivity index (χ0n) is 10.7. The molecule has 1 heterocycles. The summed E-state index contributed by atoms with van der Waals surface area (Å²) in [5.41, 5.74) is 3.63. The Balaban J connectivity index is 1.78. The summed E-state index contributed by atoms with van der Waals surface area (Å²) >= 11 is 0. The van der Waals surface area contributed by atoms with Crippen LogP contribution >= 0.6 is 0 Å². The minimum Gasteiger partial charge on any atom is -0.443 e. The van der Waals surface area contributed by atoms with E-state index in [-0.39, 0.29) is 0 Å². The van der Waals surface area contributed by atoms with Gasteiger partial charge in [0.05, 0.1) is 5.69 Å². The highest BCUT2D eigenvalue weighted by Crippen LogP contribution is 2.27. The Kier molecular flexibility index (Phi) is 2.42. The molecule has 0 spiro atoms. The number of nitrogens with one attached hydrogen (secondary N) is 1. The van der Waals surface area contributed by atoms with Gasteiger partial charge in [0, 0.05) is 5.69 Å². The second kappa shape index (κ2) is 4.38. The number of oxazole rings is 1. The Morgan fingerprint density at radius 3 is 2.70 bits per heavy atom. The van der Waals surface area contributed by atoms with Gasteiger partial charge >= 0.3 is 0 Å². The molecule has 3 nitrogen and oxygen atoms in total. The molecule has 0 radical (unpaired) electrons. The lowest BCUT2D eigenvalue weighted by atomic mass is 10.1. The van der Waals surface area contributed by atoms with E-state index in [1.165, 1.54) is 17.2 Å². The number of aromatic nitrogens is 1. The molecule has 3 heteroatoms. The molecule has 4 aromatic rings. The zero-order chi connectivity index (χ0) is 13.4. The van der Waals surface area contributed by atoms with E-state index in [1.54, 1.807) is 0 Å². The van der Waals surface area contributed by atoms with Crippen LogP contribution in [0.5, 0.6) is 0 Å². The average molecular weight is 260 g/mol. The molecule has 0 bridgehead atoms. The van der Waals surface area contributed by atoms with Crippen molar-refractivity contribution in [3.63, 3.8) is 0 Å². The summed E-state index contributed by atoms with van der Waals surface area (Å²) in [4.78, 5) is 4.25. The van der Waals surface area contributed by atoms with Crippen molar-refractivity contribution in [1.82, 2.24) is 4.98 Å². The second-order valence-electron chi connectivity index (χ2n) is 4.69. The Morgan fingerprint density at radius 2 is 1.75 bits per heavy atom. The van der Waals surface area contributed by atoms with Crippen molar-refractivity contribution in [3.8, 4) is 0 Å². The van der Waals surface area contributed by atoms with Crippen molar-refractivity contribution in [3.05, 3.63) is 67.1 Å². The van der Waals surface area contributed by atoms with Gasteiger partial charge in [0.15, 0.2) is 12.0 Å². The molecule has 4 rings (SSSR count). The molecule has 0 aliphatic carbocycles. The number of rotatable bonds is 2. The van der Waals surface area contributed by atoms with Crippen LogP contribution in [0.15, 0.2) is 71.5 Å². The molecular formula is C17H12N2O. The molecule has 0 atom stereocenters. The molecule has 0 saturated heterocycles. The molecule has 0 unspecified atom stereocenters. The number of para-hydroxylation sites is 1. The molecule has 3 aromatic carbocycles. The smallest absolute Gasteiger partial charge is 0.182 e. The monoisotopic (exact) mass is 260 g/mol. The molecule has 1 aromatic heterocycles. The van der Waals surface area contributed by atoms with Crippen LogP contribution in [-0.4, -0.2) is 4.98 Å². The van der Waals surface area contributed by atoms with Crippen molar-refractivity contribution in [1.29, 1.82) is 0 Å². The standard InChI is InChI=1S/C17H12N2O/c1-2-5-13-10-14(9-8-12(13)4-1)19-15-6-3-7-16-17(15)18-11-20-16/h1-11,19H. The summed E-state index contributed by atoms with van der Waals surface area (Å²) in [7, 11) is 0. The van der Waals surface area contributed by atoms with Crippen LogP contribution in [0.25, 0.3) is 21.9 Å². The minimum atomic E-state index is 0.788. The zero-order valence-corrected chi connectivity index (χ0v) is 10.7. The van der Waals surface area contributed by atoms with E-state index in [1.807, 2.05) is 30.3 Å². The lowest BCUT2D eigenvalue weighted by molar-refractivity contribution is 0.602. The molecule has 1 N–H and O–H groups in total. The molecule has 0 fully saturated rings. The maximum Gasteiger partial charge on any atom is 0.182 e. The minimum absolute atomic E-state index is 0.788. The molecule has 0 aliphatic heterocycles. The van der Waals surface area contributed by atoms with Gasteiger partial charge in [0.25, 0.3) is 0 Å². The molecule has 0 aliphatic rings. The first-order valence-corrected chi connectivity index (χ1v) is 6.48. The number of nitrogens with zero attached hydrogens (tertiary/aromatic N) is 1. The van der Waals surface area contributed by atoms with Crippen LogP contribution in [0, 0.1) is 0 Å². The van der Waals surface area contributed by atoms with Gasteiger partial charge in [-0.05, 0) is 35.0 Å². The van der Waals surface area contributed by atoms with E-state index in [9.17, 15) is 0 Å². The fraction of sp³-hybridized carbons (Fsp3) is 0. The molecule has 0 saturated carbocycles. The van der Waals surface area contributed by atoms with Crippen LogP contribution in [0.2, 0.25) is 0 Å². The third-order valence-electron chi connectivity index (χ3n) is 3.39. The fourth-order valence-electron chi connectivity index (χ4n) is 2.41. The summed E-state index contributed by atoms with van der Waals surface area (Å²) < 4.78 is 5.32. The first kappa shape index (κ1) is 11.1. The van der Waals surface area contributed by atoms with Gasteiger partial charge in [0.2, 0.25) is 0 Å². The predicted octanol–water partition coefficient (Wildman–Crippen LogP) is 4.72. The van der Waals surface area contributed by atoms with Crippen molar-refractivity contribution < 1.29 is 4.42 Å². The Morgan fingerprint density at radius 1 is 0.850 bits per heavy atom. The normalized spacial score (nSPS) is 11.0. The molecule has 20 heavy (non-hydrogen) atoms. The average Bonchev–Trinajstić information content (AvgIpc) is 2.97. The van der Waals surface area contributed by atoms with Crippen LogP contribution < -0.4 is 5.32 Å². The van der Waals surface area contributed by atoms with Crippen LogP contribution in [0.4, 0.5) is 11.4 Å². The van der Waals surface area contributed by atoms with Crippen molar-refractivity contribution in [2.75, 3.05) is 5.32 Å². The number of fused-ring (bicyclic) bond motifs is 2. The van der Waals surface area contributed by atoms with Gasteiger partial charge in [-0.3, -0.25) is 0 Å². The van der Waals surface area contributed by atoms with E-state index >= 15 is 0 Å². The van der Waals surface area contributed by atoms with Gasteiger partial charge in [0.1, 0.15) is 5.52 Å². The number of benzene rings is 3. The van der Waals surface area contributed by atoms with E-state index in [0.29, 0.717) is 0 Å². The van der Waals surface area contributed by atoms with Crippen molar-refractivity contribution in [2.24, 2.45) is 0 Å². The van der Waals surface area contributed by atoms with Gasteiger partial charge in [-0.1, -0.05) is 36.4 Å². The summed E-state index contributed by atoms with van der Waals surface area (Å²) in [5, 5.41) is 5.85. The van der Waals surface area contributed by atoms with E-state index in [0.717, 1.165) is 22.5 Å². The second-order valence-corrected chi connectivity index (χ2v) is 4.69. The quantitative estimate of drug-likeness (QED) is 0.566. The Bertz CT molecular complexity index is 895. The molecular weight excluding hydrogens is 248 g/mol. The maximum absolute atomic E-state index is 5.32. The summed E-state index contributed by atoms with van der Waals surface area (Å²) in [6.45, 7) is 0. The number of hydrogen-bond donors (Lipinski definition) is 1. The van der Waals surface area contributed by atoms with Gasteiger partial charge in [-0.15, -0.1) is 0 Å². The summed E-state index contributed by atoms with van der Waals surface area (Å²) in [6, 6.07) is 20.5. The first-order valence-electron chi connectivity index (χ1n) is 6.48. The maximum atomic E-state index is 5.32. The van der Waals surface area contributed by atoms with Crippen molar-refractivity contribution >= 4 is 33.2 Å². The van der Waals surface area contributed by atoms with Gasteiger partial charge < -0.3 is 9.73 Å². The Labute approximate surface area is 115 Å². The van der Waals surface area contributed by atoms with E-state index in [4.69, 9.17) is 4.42 Å². The predicted molar refractivity (Wildman–Crippen MR) is 81.2 cm³/mol. The van der Waals surface area contributed by atoms with E-state index < -0.39 is 0 Å². The Hall–Kier alpha value is -2.81. The highest BCUT2D eigenvalue weighted by atomic mass is 16.3. The van der Waals surface area contributed by atoms with Gasteiger partial charge in [-0.2, -0.15) is 0 Å². The summed E-state index contributed by atoms with van der Waals surface area (Å²) in [6.07, 6.45) is 1.47. The topological polar surface area (TPSA) is 38.1 Å². The third-order valence-corrected chi connectivity index (χ3v) is 3.39. The number of hydrogen-bond acceptors (Lipinski definition) is 3. The number of anilines is 2. The van der Waals surface area contributed by atoms with E-state index in [2.05, 4.69) is 40.6 Å². The van der Waals surface area contributed by atoms with Crippen LogP contribution in [0.1, 0.15) is 0 Å². The van der Waals surface area contributed by atoms with Crippen molar-refractivity contribution in [2.45, 2.75) is 0 Å².